The molecule has 124 valence electrons. The molecule has 8 nitrogen and oxygen atoms in total. The summed E-state index contributed by atoms with van der Waals surface area (Å²) in [6.45, 7) is 13.8. The van der Waals surface area contributed by atoms with Crippen molar-refractivity contribution in [3.8, 4) is 0 Å². The molecule has 0 unspecified atom stereocenters. The molecule has 0 aliphatic rings. The van der Waals surface area contributed by atoms with Gasteiger partial charge >= 0.3 is 0 Å². The van der Waals surface area contributed by atoms with Crippen molar-refractivity contribution in [1.82, 2.24) is 0 Å². The van der Waals surface area contributed by atoms with Crippen molar-refractivity contribution >= 4 is 22.8 Å². The van der Waals surface area contributed by atoms with Crippen molar-refractivity contribution in [2.45, 2.75) is 55.4 Å². The van der Waals surface area contributed by atoms with Crippen LogP contribution in [0.15, 0.2) is 20.6 Å². The van der Waals surface area contributed by atoms with Gasteiger partial charge in [-0.15, -0.1) is 0 Å². The van der Waals surface area contributed by atoms with E-state index in [0.717, 1.165) is 0 Å². The summed E-state index contributed by atoms with van der Waals surface area (Å²) in [6.07, 6.45) is 0. The Morgan fingerprint density at radius 1 is 0.429 bits per heavy atom. The molecule has 0 amide bonds. The van der Waals surface area contributed by atoms with Crippen molar-refractivity contribution in [3.63, 3.8) is 0 Å². The summed E-state index contributed by atoms with van der Waals surface area (Å²) in [6, 6.07) is 0. The Morgan fingerprint density at radius 3 is 0.476 bits per heavy atom. The third-order valence-corrected chi connectivity index (χ3v) is 0.800. The number of oxime groups is 4. The van der Waals surface area contributed by atoms with Gasteiger partial charge in [-0.1, -0.05) is 20.6 Å². The summed E-state index contributed by atoms with van der Waals surface area (Å²) in [7, 11) is 0. The molecule has 21 heavy (non-hydrogen) atoms. The molecular weight excluding hydrogens is 312 g/mol. The monoisotopic (exact) mass is 340 g/mol. The van der Waals surface area contributed by atoms with Gasteiger partial charge in [-0.2, -0.15) is 0 Å². The number of nitrogens with zero attached hydrogens (tertiary/aromatic N) is 4. The zero-order valence-electron chi connectivity index (χ0n) is 14.1. The van der Waals surface area contributed by atoms with E-state index in [1.54, 1.807) is 55.4 Å². The minimum atomic E-state index is 0. The van der Waals surface area contributed by atoms with E-state index in [0.29, 0.717) is 22.8 Å². The van der Waals surface area contributed by atoms with Gasteiger partial charge in [0.15, 0.2) is 0 Å². The predicted octanol–water partition coefficient (Wildman–Crippen LogP) is 3.42. The predicted molar refractivity (Wildman–Crippen MR) is 82.3 cm³/mol. The molecule has 0 radical (unpaired) electrons. The van der Waals surface area contributed by atoms with Crippen LogP contribution in [0.25, 0.3) is 0 Å². The number of rotatable bonds is 0. The van der Waals surface area contributed by atoms with Gasteiger partial charge in [0.1, 0.15) is 0 Å². The molecule has 0 spiro atoms. The maximum absolute atomic E-state index is 7.73. The molecular formula is C12H28N4O4Ti. The molecule has 4 N–H and O–H groups in total. The van der Waals surface area contributed by atoms with Crippen LogP contribution in [-0.4, -0.2) is 43.7 Å². The van der Waals surface area contributed by atoms with Crippen LogP contribution < -0.4 is 0 Å². The summed E-state index contributed by atoms with van der Waals surface area (Å²) in [5.74, 6) is 0. The Bertz CT molecular complexity index is 249. The topological polar surface area (TPSA) is 130 Å². The molecule has 0 fully saturated rings. The summed E-state index contributed by atoms with van der Waals surface area (Å²) >= 11 is 0. The fraction of sp³-hybridized carbons (Fsp3) is 0.667. The van der Waals surface area contributed by atoms with Crippen molar-refractivity contribution in [3.05, 3.63) is 0 Å². The maximum atomic E-state index is 7.73. The Labute approximate surface area is 141 Å². The van der Waals surface area contributed by atoms with Crippen LogP contribution in [0.2, 0.25) is 0 Å². The van der Waals surface area contributed by atoms with Gasteiger partial charge in [0, 0.05) is 21.7 Å². The van der Waals surface area contributed by atoms with Crippen LogP contribution in [0.1, 0.15) is 55.4 Å². The van der Waals surface area contributed by atoms with Crippen molar-refractivity contribution < 1.29 is 42.5 Å². The van der Waals surface area contributed by atoms with Crippen LogP contribution in [0, 0.1) is 0 Å². The average Bonchev–Trinajstić information content (AvgIpc) is 2.40. The largest absolute Gasteiger partial charge is 0.411 e. The second kappa shape index (κ2) is 27.0. The SMILES string of the molecule is CC(C)=NO.CC(C)=NO.CC(C)=NO.CC(C)=NO.[Ti]. The first-order chi connectivity index (χ1) is 9.08. The van der Waals surface area contributed by atoms with E-state index >= 15 is 0 Å². The summed E-state index contributed by atoms with van der Waals surface area (Å²) < 4.78 is 0. The smallest absolute Gasteiger partial charge is 0.0509 e. The van der Waals surface area contributed by atoms with Crippen molar-refractivity contribution in [2.24, 2.45) is 20.6 Å². The van der Waals surface area contributed by atoms with Crippen LogP contribution in [-0.2, 0) is 21.7 Å². The zero-order chi connectivity index (χ0) is 17.1. The molecule has 0 aliphatic carbocycles. The molecule has 0 rings (SSSR count). The molecule has 0 bridgehead atoms. The van der Waals surface area contributed by atoms with Crippen LogP contribution >= 0.6 is 0 Å². The van der Waals surface area contributed by atoms with Gasteiger partial charge in [0.25, 0.3) is 0 Å². The third-order valence-electron chi connectivity index (χ3n) is 0.800. The standard InChI is InChI=1S/4C3H7NO.Ti/c4*1-3(2)4-5;/h4*5H,1-2H3;. The number of hydrogen-bond acceptors (Lipinski definition) is 8. The summed E-state index contributed by atoms with van der Waals surface area (Å²) in [5.41, 5.74) is 2.74. The second-order valence-electron chi connectivity index (χ2n) is 4.19. The van der Waals surface area contributed by atoms with E-state index < -0.39 is 0 Å². The molecule has 0 saturated carbocycles. The third kappa shape index (κ3) is 118. The van der Waals surface area contributed by atoms with Crippen molar-refractivity contribution in [2.75, 3.05) is 0 Å². The molecule has 0 aromatic heterocycles. The first-order valence-electron chi connectivity index (χ1n) is 5.69. The maximum Gasteiger partial charge on any atom is 0.0509 e. The molecule has 0 aromatic rings. The van der Waals surface area contributed by atoms with Gasteiger partial charge in [0.05, 0.1) is 22.8 Å². The average molecular weight is 340 g/mol. The molecule has 0 aromatic carbocycles. The van der Waals surface area contributed by atoms with Gasteiger partial charge in [0.2, 0.25) is 0 Å². The second-order valence-corrected chi connectivity index (χ2v) is 4.19. The van der Waals surface area contributed by atoms with Crippen LogP contribution in [0.3, 0.4) is 0 Å². The molecule has 0 saturated heterocycles. The van der Waals surface area contributed by atoms with E-state index in [4.69, 9.17) is 20.8 Å². The van der Waals surface area contributed by atoms with E-state index in [9.17, 15) is 0 Å². The van der Waals surface area contributed by atoms with Crippen LogP contribution in [0.5, 0.6) is 0 Å². The summed E-state index contributed by atoms with van der Waals surface area (Å²) in [5, 5.41) is 42.1. The van der Waals surface area contributed by atoms with Crippen molar-refractivity contribution in [1.29, 1.82) is 0 Å². The summed E-state index contributed by atoms with van der Waals surface area (Å²) in [4.78, 5) is 0. The van der Waals surface area contributed by atoms with Gasteiger partial charge in [-0.3, -0.25) is 0 Å². The Morgan fingerprint density at radius 2 is 0.476 bits per heavy atom. The first-order valence-corrected chi connectivity index (χ1v) is 5.69. The van der Waals surface area contributed by atoms with Gasteiger partial charge in [-0.05, 0) is 55.4 Å². The first kappa shape index (κ1) is 31.8. The molecule has 0 atom stereocenters. The minimum absolute atomic E-state index is 0. The zero-order valence-corrected chi connectivity index (χ0v) is 15.6. The van der Waals surface area contributed by atoms with Crippen LogP contribution in [0.4, 0.5) is 0 Å². The quantitative estimate of drug-likeness (QED) is 0.233. The molecule has 0 aliphatic heterocycles. The van der Waals surface area contributed by atoms with E-state index in [-0.39, 0.29) is 21.7 Å². The fourth-order valence-corrected chi connectivity index (χ4v) is 0. The van der Waals surface area contributed by atoms with E-state index in [1.807, 2.05) is 0 Å². The fourth-order valence-electron chi connectivity index (χ4n) is 0. The normalized spacial score (nSPS) is 6.48. The Kier molecular flexibility index (Phi) is 40.9. The van der Waals surface area contributed by atoms with E-state index in [2.05, 4.69) is 20.6 Å². The number of hydrogen-bond donors (Lipinski definition) is 4. The minimum Gasteiger partial charge on any atom is -0.411 e. The van der Waals surface area contributed by atoms with Gasteiger partial charge < -0.3 is 20.8 Å². The Balaban J connectivity index is -0.0000000533. The van der Waals surface area contributed by atoms with E-state index in [1.165, 1.54) is 0 Å². The molecule has 9 heteroatoms. The Hall–Kier alpha value is -1.41. The van der Waals surface area contributed by atoms with Gasteiger partial charge in [-0.25, -0.2) is 0 Å². The molecule has 0 heterocycles.